The number of imide groups is 1. The molecule has 2 N–H and O–H groups in total. The van der Waals surface area contributed by atoms with E-state index in [9.17, 15) is 9.59 Å². The molecule has 4 nitrogen and oxygen atoms in total. The fourth-order valence-electron chi connectivity index (χ4n) is 2.11. The van der Waals surface area contributed by atoms with Crippen LogP contribution in [-0.4, -0.2) is 25.1 Å². The third-order valence-electron chi connectivity index (χ3n) is 3.02. The number of amides is 2. The molecule has 99 valence electrons. The van der Waals surface area contributed by atoms with Gasteiger partial charge in [-0.05, 0) is 18.6 Å². The van der Waals surface area contributed by atoms with Crippen molar-refractivity contribution < 1.29 is 9.59 Å². The number of carbonyl (C=O) groups is 2. The molecule has 5 heteroatoms. The Hall–Kier alpha value is -1.78. The normalized spacial score (nSPS) is 19.2. The number of carbonyl (C=O) groups excluding carboxylic acids is 2. The lowest BCUT2D eigenvalue weighted by atomic mass is 9.61. The SMILES string of the molecule is CC(C)[B]c1ccc(NC2CCC(=O)NC2=O)cc1. The van der Waals surface area contributed by atoms with Gasteiger partial charge in [-0.1, -0.05) is 37.3 Å². The zero-order chi connectivity index (χ0) is 13.8. The van der Waals surface area contributed by atoms with E-state index in [1.807, 2.05) is 24.3 Å². The van der Waals surface area contributed by atoms with Crippen LogP contribution in [0.1, 0.15) is 26.7 Å². The van der Waals surface area contributed by atoms with Crippen LogP contribution in [0.5, 0.6) is 0 Å². The lowest BCUT2D eigenvalue weighted by Crippen LogP contribution is -2.47. The highest BCUT2D eigenvalue weighted by atomic mass is 16.2. The minimum absolute atomic E-state index is 0.190. The molecule has 0 saturated carbocycles. The first-order chi connectivity index (χ1) is 9.04. The Morgan fingerprint density at radius 3 is 2.53 bits per heavy atom. The van der Waals surface area contributed by atoms with Crippen molar-refractivity contribution in [3.05, 3.63) is 24.3 Å². The van der Waals surface area contributed by atoms with Gasteiger partial charge >= 0.3 is 0 Å². The van der Waals surface area contributed by atoms with Gasteiger partial charge in [0, 0.05) is 12.1 Å². The summed E-state index contributed by atoms with van der Waals surface area (Å²) in [7, 11) is 2.18. The number of hydrogen-bond acceptors (Lipinski definition) is 3. The summed E-state index contributed by atoms with van der Waals surface area (Å²) in [5.41, 5.74) is 2.07. The van der Waals surface area contributed by atoms with Gasteiger partial charge in [-0.15, -0.1) is 0 Å². The predicted octanol–water partition coefficient (Wildman–Crippen LogP) is 1.06. The van der Waals surface area contributed by atoms with Gasteiger partial charge in [0.15, 0.2) is 7.28 Å². The van der Waals surface area contributed by atoms with E-state index < -0.39 is 0 Å². The zero-order valence-electron chi connectivity index (χ0n) is 11.3. The van der Waals surface area contributed by atoms with E-state index in [2.05, 4.69) is 31.8 Å². The molecule has 2 rings (SSSR count). The van der Waals surface area contributed by atoms with E-state index in [1.54, 1.807) is 0 Å². The van der Waals surface area contributed by atoms with Gasteiger partial charge in [0.1, 0.15) is 6.04 Å². The van der Waals surface area contributed by atoms with Crippen molar-refractivity contribution in [3.8, 4) is 0 Å². The first kappa shape index (κ1) is 13.7. The average Bonchev–Trinajstić information content (AvgIpc) is 2.34. The van der Waals surface area contributed by atoms with E-state index in [0.717, 1.165) is 5.69 Å². The van der Waals surface area contributed by atoms with Gasteiger partial charge in [0.05, 0.1) is 0 Å². The number of piperidine rings is 1. The molecule has 19 heavy (non-hydrogen) atoms. The number of hydrogen-bond donors (Lipinski definition) is 2. The Labute approximate surface area is 114 Å². The lowest BCUT2D eigenvalue weighted by Gasteiger charge is -2.22. The largest absolute Gasteiger partial charge is 0.374 e. The molecule has 1 heterocycles. The second-order valence-corrected chi connectivity index (χ2v) is 5.18. The Balaban J connectivity index is 1.96. The summed E-state index contributed by atoms with van der Waals surface area (Å²) in [4.78, 5) is 22.7. The first-order valence-electron chi connectivity index (χ1n) is 6.60. The fourth-order valence-corrected chi connectivity index (χ4v) is 2.11. The Morgan fingerprint density at radius 1 is 1.26 bits per heavy atom. The van der Waals surface area contributed by atoms with Crippen molar-refractivity contribution in [1.82, 2.24) is 5.32 Å². The maximum Gasteiger partial charge on any atom is 0.249 e. The highest BCUT2D eigenvalue weighted by Crippen LogP contribution is 2.12. The zero-order valence-corrected chi connectivity index (χ0v) is 11.3. The standard InChI is InChI=1S/C14H18BN2O2/c1-9(2)15-10-3-5-11(6-4-10)16-12-7-8-13(18)17-14(12)19/h3-6,9,12,16H,7-8H2,1-2H3,(H,17,18,19). The number of rotatable bonds is 4. The fraction of sp³-hybridized carbons (Fsp3) is 0.429. The molecule has 1 atom stereocenters. The van der Waals surface area contributed by atoms with Crippen LogP contribution in [0.4, 0.5) is 5.69 Å². The molecule has 1 aromatic rings. The van der Waals surface area contributed by atoms with Crippen LogP contribution >= 0.6 is 0 Å². The molecule has 0 aliphatic carbocycles. The highest BCUT2D eigenvalue weighted by molar-refractivity contribution is 6.54. The molecule has 0 bridgehead atoms. The molecular formula is C14H18BN2O2. The van der Waals surface area contributed by atoms with Gasteiger partial charge in [-0.2, -0.15) is 0 Å². The first-order valence-corrected chi connectivity index (χ1v) is 6.60. The van der Waals surface area contributed by atoms with Crippen LogP contribution in [0, 0.1) is 0 Å². The van der Waals surface area contributed by atoms with E-state index in [4.69, 9.17) is 0 Å². The second-order valence-electron chi connectivity index (χ2n) is 5.18. The van der Waals surface area contributed by atoms with E-state index in [-0.39, 0.29) is 17.9 Å². The highest BCUT2D eigenvalue weighted by Gasteiger charge is 2.26. The minimum Gasteiger partial charge on any atom is -0.374 e. The molecule has 1 saturated heterocycles. The summed E-state index contributed by atoms with van der Waals surface area (Å²) in [5, 5.41) is 5.49. The van der Waals surface area contributed by atoms with Crippen molar-refractivity contribution in [3.63, 3.8) is 0 Å². The molecule has 1 aliphatic rings. The summed E-state index contributed by atoms with van der Waals surface area (Å²) in [6.45, 7) is 4.27. The molecule has 1 fully saturated rings. The maximum absolute atomic E-state index is 11.6. The van der Waals surface area contributed by atoms with Crippen molar-refractivity contribution in [2.45, 2.75) is 38.5 Å². The van der Waals surface area contributed by atoms with Gasteiger partial charge in [0.25, 0.3) is 0 Å². The van der Waals surface area contributed by atoms with Crippen LogP contribution in [0.3, 0.4) is 0 Å². The molecule has 0 spiro atoms. The van der Waals surface area contributed by atoms with Gasteiger partial charge in [-0.3, -0.25) is 14.9 Å². The topological polar surface area (TPSA) is 58.2 Å². The third kappa shape index (κ3) is 3.84. The van der Waals surface area contributed by atoms with Crippen LogP contribution < -0.4 is 16.1 Å². The predicted molar refractivity (Wildman–Crippen MR) is 76.7 cm³/mol. The monoisotopic (exact) mass is 257 g/mol. The minimum atomic E-state index is -0.322. The molecule has 0 aromatic heterocycles. The number of anilines is 1. The van der Waals surface area contributed by atoms with Gasteiger partial charge in [0.2, 0.25) is 11.8 Å². The van der Waals surface area contributed by atoms with Gasteiger partial charge < -0.3 is 5.32 Å². The molecule has 1 aromatic carbocycles. The quantitative estimate of drug-likeness (QED) is 0.626. The van der Waals surface area contributed by atoms with Crippen LogP contribution in [0.2, 0.25) is 5.82 Å². The second kappa shape index (κ2) is 5.91. The van der Waals surface area contributed by atoms with Crippen molar-refractivity contribution >= 4 is 30.2 Å². The lowest BCUT2D eigenvalue weighted by molar-refractivity contribution is -0.133. The summed E-state index contributed by atoms with van der Waals surface area (Å²) in [6, 6.07) is 7.63. The molecule has 1 aliphatic heterocycles. The van der Waals surface area contributed by atoms with E-state index in [1.165, 1.54) is 5.46 Å². The van der Waals surface area contributed by atoms with Gasteiger partial charge in [-0.25, -0.2) is 0 Å². The average molecular weight is 257 g/mol. The maximum atomic E-state index is 11.6. The van der Waals surface area contributed by atoms with E-state index >= 15 is 0 Å². The van der Waals surface area contributed by atoms with Crippen molar-refractivity contribution in [2.75, 3.05) is 5.32 Å². The molecule has 2 amide bonds. The van der Waals surface area contributed by atoms with Crippen LogP contribution in [-0.2, 0) is 9.59 Å². The van der Waals surface area contributed by atoms with Crippen molar-refractivity contribution in [2.24, 2.45) is 0 Å². The summed E-state index contributed by atoms with van der Waals surface area (Å²) in [5.74, 6) is 0.0768. The Bertz CT molecular complexity index is 471. The smallest absolute Gasteiger partial charge is 0.249 e. The van der Waals surface area contributed by atoms with E-state index in [0.29, 0.717) is 18.7 Å². The number of benzene rings is 1. The van der Waals surface area contributed by atoms with Crippen LogP contribution in [0.25, 0.3) is 0 Å². The summed E-state index contributed by atoms with van der Waals surface area (Å²) < 4.78 is 0. The molecular weight excluding hydrogens is 239 g/mol. The number of nitrogens with one attached hydrogen (secondary N) is 2. The molecule has 1 unspecified atom stereocenters. The Morgan fingerprint density at radius 2 is 1.95 bits per heavy atom. The summed E-state index contributed by atoms with van der Waals surface area (Å²) in [6.07, 6.45) is 0.938. The third-order valence-corrected chi connectivity index (χ3v) is 3.02. The van der Waals surface area contributed by atoms with Crippen LogP contribution in [0.15, 0.2) is 24.3 Å². The van der Waals surface area contributed by atoms with Crippen molar-refractivity contribution in [1.29, 1.82) is 0 Å². The molecule has 1 radical (unpaired) electrons. The summed E-state index contributed by atoms with van der Waals surface area (Å²) >= 11 is 0. The Kier molecular flexibility index (Phi) is 4.25.